The summed E-state index contributed by atoms with van der Waals surface area (Å²) in [6.07, 6.45) is 10.1. The molecule has 2 aromatic carbocycles. The van der Waals surface area contributed by atoms with E-state index in [4.69, 9.17) is 23.7 Å². The lowest BCUT2D eigenvalue weighted by atomic mass is 9.95. The maximum absolute atomic E-state index is 13.2. The van der Waals surface area contributed by atoms with Gasteiger partial charge < -0.3 is 29.0 Å². The second-order valence-electron chi connectivity index (χ2n) is 12.0. The number of ether oxygens (including phenoxy) is 5. The Hall–Kier alpha value is -2.78. The molecule has 1 amide bonds. The molecule has 0 bridgehead atoms. The Kier molecular flexibility index (Phi) is 14.6. The zero-order chi connectivity index (χ0) is 31.0. The second kappa shape index (κ2) is 18.9. The van der Waals surface area contributed by atoms with E-state index in [1.54, 1.807) is 0 Å². The van der Waals surface area contributed by atoms with Gasteiger partial charge in [0.25, 0.3) is 0 Å². The van der Waals surface area contributed by atoms with E-state index in [9.17, 15) is 9.59 Å². The van der Waals surface area contributed by atoms with E-state index in [0.29, 0.717) is 6.42 Å². The number of benzene rings is 2. The van der Waals surface area contributed by atoms with Crippen LogP contribution in [-0.4, -0.2) is 49.1 Å². The van der Waals surface area contributed by atoms with Gasteiger partial charge in [-0.2, -0.15) is 0 Å². The van der Waals surface area contributed by atoms with Gasteiger partial charge in [0.2, 0.25) is 5.91 Å². The van der Waals surface area contributed by atoms with Crippen molar-refractivity contribution in [3.8, 4) is 0 Å². The van der Waals surface area contributed by atoms with Crippen molar-refractivity contribution in [2.24, 2.45) is 0 Å². The molecule has 0 radical (unpaired) electrons. The number of hydrogen-bond acceptors (Lipinski definition) is 7. The molecule has 0 spiro atoms. The van der Waals surface area contributed by atoms with Crippen molar-refractivity contribution in [1.82, 2.24) is 5.32 Å². The number of rotatable bonds is 18. The molecule has 242 valence electrons. The number of esters is 1. The number of carbonyl (C=O) groups is 2. The van der Waals surface area contributed by atoms with Crippen LogP contribution in [0.5, 0.6) is 0 Å². The first-order chi connectivity index (χ1) is 21.5. The van der Waals surface area contributed by atoms with E-state index in [0.717, 1.165) is 30.4 Å². The van der Waals surface area contributed by atoms with Crippen molar-refractivity contribution < 1.29 is 33.3 Å². The Bertz CT molecular complexity index is 1100. The second-order valence-corrected chi connectivity index (χ2v) is 12.0. The quantitative estimate of drug-likeness (QED) is 0.142. The van der Waals surface area contributed by atoms with Gasteiger partial charge in [0.05, 0.1) is 13.2 Å². The van der Waals surface area contributed by atoms with Crippen LogP contribution in [0, 0.1) is 0 Å². The molecule has 0 aromatic heterocycles. The number of nitrogens with one attached hydrogen (secondary N) is 1. The molecule has 2 aliphatic rings. The smallest absolute Gasteiger partial charge is 0.306 e. The summed E-state index contributed by atoms with van der Waals surface area (Å²) in [5.74, 6) is -0.585. The van der Waals surface area contributed by atoms with Crippen LogP contribution >= 0.6 is 0 Å². The van der Waals surface area contributed by atoms with Gasteiger partial charge >= 0.3 is 5.97 Å². The van der Waals surface area contributed by atoms with Crippen LogP contribution in [0.15, 0.2) is 60.7 Å². The fraction of sp³-hybridized carbons (Fsp3) is 0.611. The molecular formula is C36H51NO7. The van der Waals surface area contributed by atoms with Gasteiger partial charge in [0.15, 0.2) is 18.7 Å². The van der Waals surface area contributed by atoms with E-state index >= 15 is 0 Å². The van der Waals surface area contributed by atoms with Gasteiger partial charge in [0.1, 0.15) is 18.2 Å². The van der Waals surface area contributed by atoms with E-state index in [1.165, 1.54) is 58.3 Å². The fourth-order valence-electron chi connectivity index (χ4n) is 5.92. The fourth-order valence-corrected chi connectivity index (χ4v) is 5.92. The molecule has 6 atom stereocenters. The third kappa shape index (κ3) is 11.0. The van der Waals surface area contributed by atoms with Gasteiger partial charge in [-0.1, -0.05) is 132 Å². The summed E-state index contributed by atoms with van der Waals surface area (Å²) in [6, 6.07) is 18.6. The molecule has 1 N–H and O–H groups in total. The molecule has 2 fully saturated rings. The van der Waals surface area contributed by atoms with Crippen LogP contribution < -0.4 is 5.32 Å². The first-order valence-corrected chi connectivity index (χ1v) is 16.6. The molecule has 4 rings (SSSR count). The summed E-state index contributed by atoms with van der Waals surface area (Å²) in [7, 11) is 0. The average Bonchev–Trinajstić information content (AvgIpc) is 3.04. The summed E-state index contributed by atoms with van der Waals surface area (Å²) >= 11 is 0. The highest BCUT2D eigenvalue weighted by atomic mass is 16.8. The van der Waals surface area contributed by atoms with Crippen molar-refractivity contribution in [3.63, 3.8) is 0 Å². The Morgan fingerprint density at radius 1 is 0.818 bits per heavy atom. The van der Waals surface area contributed by atoms with E-state index < -0.39 is 36.9 Å². The molecule has 0 aliphatic carbocycles. The van der Waals surface area contributed by atoms with Crippen LogP contribution in [0.4, 0.5) is 0 Å². The third-order valence-corrected chi connectivity index (χ3v) is 8.29. The van der Waals surface area contributed by atoms with E-state index in [2.05, 4.69) is 12.2 Å². The van der Waals surface area contributed by atoms with Crippen molar-refractivity contribution >= 4 is 11.9 Å². The number of amides is 1. The first-order valence-electron chi connectivity index (χ1n) is 16.6. The molecule has 44 heavy (non-hydrogen) atoms. The van der Waals surface area contributed by atoms with Crippen molar-refractivity contribution in [3.05, 3.63) is 71.8 Å². The standard InChI is InChI=1S/C36H51NO7/c1-3-4-5-6-7-8-9-10-11-12-19-24-31(39)43-34-32(37-27(2)38)36(40-25-28-20-15-13-16-21-28)42-30-26-41-35(44-33(30)34)29-22-17-14-18-23-29/h13-18,20-23,30,32-36H,3-12,19,24-26H2,1-2H3,(H,37,38)/t30-,32+,33-,34+,35+,36-/m1/s1. The topological polar surface area (TPSA) is 92.3 Å². The summed E-state index contributed by atoms with van der Waals surface area (Å²) in [6.45, 7) is 4.18. The maximum atomic E-state index is 13.2. The Morgan fingerprint density at radius 3 is 2.07 bits per heavy atom. The molecule has 0 unspecified atom stereocenters. The highest BCUT2D eigenvalue weighted by Gasteiger charge is 2.52. The minimum Gasteiger partial charge on any atom is -0.457 e. The SMILES string of the molecule is CCCCCCCCCCCCCC(=O)O[C@H]1[C@H](NC(C)=O)[C@H](OCc2ccccc2)O[C@@H]2CO[C@H](c3ccccc3)O[C@@H]12. The van der Waals surface area contributed by atoms with Gasteiger partial charge in [-0.05, 0) is 12.0 Å². The molecule has 0 saturated carbocycles. The van der Waals surface area contributed by atoms with Gasteiger partial charge in [0, 0.05) is 18.9 Å². The molecular weight excluding hydrogens is 558 g/mol. The monoisotopic (exact) mass is 609 g/mol. The van der Waals surface area contributed by atoms with Crippen molar-refractivity contribution in [2.75, 3.05) is 6.61 Å². The number of fused-ring (bicyclic) bond motifs is 1. The van der Waals surface area contributed by atoms with Gasteiger partial charge in [-0.25, -0.2) is 0 Å². The largest absolute Gasteiger partial charge is 0.457 e. The zero-order valence-corrected chi connectivity index (χ0v) is 26.5. The molecule has 2 heterocycles. The van der Waals surface area contributed by atoms with Crippen LogP contribution in [0.2, 0.25) is 0 Å². The molecule has 2 aliphatic heterocycles. The molecule has 2 saturated heterocycles. The predicted molar refractivity (Wildman–Crippen MR) is 168 cm³/mol. The molecule has 2 aromatic rings. The summed E-state index contributed by atoms with van der Waals surface area (Å²) < 4.78 is 31.1. The minimum absolute atomic E-state index is 0.231. The Labute approximate surface area is 263 Å². The van der Waals surface area contributed by atoms with Gasteiger partial charge in [-0.3, -0.25) is 9.59 Å². The van der Waals surface area contributed by atoms with Crippen LogP contribution in [0.25, 0.3) is 0 Å². The minimum atomic E-state index is -0.861. The van der Waals surface area contributed by atoms with E-state index in [-0.39, 0.29) is 25.1 Å². The van der Waals surface area contributed by atoms with E-state index in [1.807, 2.05) is 60.7 Å². The first kappa shape index (κ1) is 34.1. The molecule has 8 nitrogen and oxygen atoms in total. The Balaban J connectivity index is 1.36. The zero-order valence-electron chi connectivity index (χ0n) is 26.5. The lowest BCUT2D eigenvalue weighted by Crippen LogP contribution is -2.67. The third-order valence-electron chi connectivity index (χ3n) is 8.29. The molecule has 8 heteroatoms. The van der Waals surface area contributed by atoms with Crippen LogP contribution in [0.1, 0.15) is 108 Å². The summed E-state index contributed by atoms with van der Waals surface area (Å²) in [4.78, 5) is 25.6. The number of carbonyl (C=O) groups excluding carboxylic acids is 2. The Morgan fingerprint density at radius 2 is 1.43 bits per heavy atom. The van der Waals surface area contributed by atoms with Gasteiger partial charge in [-0.15, -0.1) is 0 Å². The lowest BCUT2D eigenvalue weighted by Gasteiger charge is -2.48. The predicted octanol–water partition coefficient (Wildman–Crippen LogP) is 7.16. The average molecular weight is 610 g/mol. The number of hydrogen-bond donors (Lipinski definition) is 1. The van der Waals surface area contributed by atoms with Crippen LogP contribution in [0.3, 0.4) is 0 Å². The lowest BCUT2D eigenvalue weighted by molar-refractivity contribution is -0.346. The van der Waals surface area contributed by atoms with Crippen molar-refractivity contribution in [1.29, 1.82) is 0 Å². The summed E-state index contributed by atoms with van der Waals surface area (Å²) in [5.41, 5.74) is 1.82. The highest BCUT2D eigenvalue weighted by Crippen LogP contribution is 2.36. The normalized spacial score (nSPS) is 24.8. The van der Waals surface area contributed by atoms with Crippen LogP contribution in [-0.2, 0) is 39.9 Å². The highest BCUT2D eigenvalue weighted by molar-refractivity contribution is 5.73. The number of unbranched alkanes of at least 4 members (excludes halogenated alkanes) is 10. The summed E-state index contributed by atoms with van der Waals surface area (Å²) in [5, 5.41) is 2.94. The van der Waals surface area contributed by atoms with Crippen molar-refractivity contribution in [2.45, 2.75) is 134 Å². The maximum Gasteiger partial charge on any atom is 0.306 e.